The van der Waals surface area contributed by atoms with Crippen molar-refractivity contribution in [2.45, 2.75) is 37.8 Å². The molecule has 0 aliphatic heterocycles. The van der Waals surface area contributed by atoms with E-state index in [9.17, 15) is 4.79 Å². The van der Waals surface area contributed by atoms with E-state index in [1.807, 2.05) is 19.0 Å². The van der Waals surface area contributed by atoms with E-state index in [0.29, 0.717) is 6.54 Å². The zero-order valence-corrected chi connectivity index (χ0v) is 9.12. The molecule has 0 bridgehead atoms. The van der Waals surface area contributed by atoms with Crippen molar-refractivity contribution in [3.63, 3.8) is 0 Å². The number of likely N-dealkylation sites (N-methyl/N-ethyl adjacent to an activating group) is 1. The molecule has 1 aliphatic rings. The summed E-state index contributed by atoms with van der Waals surface area (Å²) in [7, 11) is 3.78. The highest BCUT2D eigenvalue weighted by Gasteiger charge is 2.22. The van der Waals surface area contributed by atoms with Crippen LogP contribution in [0.25, 0.3) is 0 Å². The summed E-state index contributed by atoms with van der Waals surface area (Å²) in [6, 6.07) is 0.339. The highest BCUT2D eigenvalue weighted by atomic mass is 16.2. The number of hydrogen-bond donors (Lipinski definition) is 2. The Hall–Kier alpha value is -0.610. The number of carbonyl (C=O) groups excluding carboxylic acids is 1. The van der Waals surface area contributed by atoms with Crippen molar-refractivity contribution >= 4 is 5.91 Å². The molecule has 3 N–H and O–H groups in total. The van der Waals surface area contributed by atoms with E-state index in [0.717, 1.165) is 12.8 Å². The highest BCUT2D eigenvalue weighted by Crippen LogP contribution is 2.16. The van der Waals surface area contributed by atoms with Crippen molar-refractivity contribution in [1.29, 1.82) is 0 Å². The Morgan fingerprint density at radius 2 is 2.07 bits per heavy atom. The molecule has 1 saturated carbocycles. The molecule has 1 fully saturated rings. The molecular formula is C10H21N3O. The van der Waals surface area contributed by atoms with Gasteiger partial charge in [-0.2, -0.15) is 0 Å². The third-order valence-electron chi connectivity index (χ3n) is 2.63. The second kappa shape index (κ2) is 5.32. The van der Waals surface area contributed by atoms with E-state index in [1.165, 1.54) is 12.8 Å². The van der Waals surface area contributed by atoms with Crippen LogP contribution in [0.15, 0.2) is 0 Å². The van der Waals surface area contributed by atoms with Gasteiger partial charge in [-0.15, -0.1) is 0 Å². The standard InChI is InChI=1S/C10H21N3O/c1-13(2)7-10(14)12-9-6-4-3-5-8(9)11/h8-9H,3-7,11H2,1-2H3,(H,12,14). The first-order valence-corrected chi connectivity index (χ1v) is 5.29. The highest BCUT2D eigenvalue weighted by molar-refractivity contribution is 5.78. The zero-order valence-electron chi connectivity index (χ0n) is 9.12. The van der Waals surface area contributed by atoms with Gasteiger partial charge in [0, 0.05) is 12.1 Å². The number of nitrogens with zero attached hydrogens (tertiary/aromatic N) is 1. The van der Waals surface area contributed by atoms with Crippen molar-refractivity contribution in [2.24, 2.45) is 5.73 Å². The molecule has 2 atom stereocenters. The minimum absolute atomic E-state index is 0.0809. The van der Waals surface area contributed by atoms with Crippen molar-refractivity contribution < 1.29 is 4.79 Å². The van der Waals surface area contributed by atoms with Crippen LogP contribution in [-0.4, -0.2) is 43.5 Å². The van der Waals surface area contributed by atoms with E-state index >= 15 is 0 Å². The van der Waals surface area contributed by atoms with Crippen LogP contribution in [-0.2, 0) is 4.79 Å². The fraction of sp³-hybridized carbons (Fsp3) is 0.900. The monoisotopic (exact) mass is 199 g/mol. The SMILES string of the molecule is CN(C)CC(=O)NC1CCCCC1N. The summed E-state index contributed by atoms with van der Waals surface area (Å²) in [4.78, 5) is 13.3. The fourth-order valence-electron chi connectivity index (χ4n) is 1.88. The second-order valence-corrected chi connectivity index (χ2v) is 4.36. The van der Waals surface area contributed by atoms with Gasteiger partial charge in [-0.1, -0.05) is 12.8 Å². The molecule has 0 saturated heterocycles. The Kier molecular flexibility index (Phi) is 4.35. The van der Waals surface area contributed by atoms with Crippen LogP contribution in [0.5, 0.6) is 0 Å². The van der Waals surface area contributed by atoms with Gasteiger partial charge in [-0.25, -0.2) is 0 Å². The third-order valence-corrected chi connectivity index (χ3v) is 2.63. The number of rotatable bonds is 3. The molecule has 0 aromatic rings. The van der Waals surface area contributed by atoms with Gasteiger partial charge in [-0.05, 0) is 26.9 Å². The van der Waals surface area contributed by atoms with Gasteiger partial charge < -0.3 is 16.0 Å². The van der Waals surface area contributed by atoms with Crippen LogP contribution >= 0.6 is 0 Å². The first kappa shape index (κ1) is 11.5. The minimum Gasteiger partial charge on any atom is -0.351 e. The molecule has 82 valence electrons. The lowest BCUT2D eigenvalue weighted by Crippen LogP contribution is -2.51. The summed E-state index contributed by atoms with van der Waals surface area (Å²) in [6.45, 7) is 0.448. The first-order chi connectivity index (χ1) is 6.59. The lowest BCUT2D eigenvalue weighted by atomic mass is 9.91. The van der Waals surface area contributed by atoms with Crippen LogP contribution in [0.1, 0.15) is 25.7 Å². The Morgan fingerprint density at radius 1 is 1.43 bits per heavy atom. The topological polar surface area (TPSA) is 58.4 Å². The third kappa shape index (κ3) is 3.64. The molecule has 0 heterocycles. The number of carbonyl (C=O) groups is 1. The van der Waals surface area contributed by atoms with Crippen LogP contribution in [0, 0.1) is 0 Å². The molecule has 2 unspecified atom stereocenters. The Balaban J connectivity index is 2.31. The van der Waals surface area contributed by atoms with E-state index in [4.69, 9.17) is 5.73 Å². The smallest absolute Gasteiger partial charge is 0.234 e. The molecule has 0 aromatic carbocycles. The zero-order chi connectivity index (χ0) is 10.6. The Labute approximate surface area is 85.8 Å². The van der Waals surface area contributed by atoms with Crippen LogP contribution in [0.4, 0.5) is 0 Å². The molecule has 1 rings (SSSR count). The number of hydrogen-bond acceptors (Lipinski definition) is 3. The van der Waals surface area contributed by atoms with Gasteiger partial charge in [0.05, 0.1) is 6.54 Å². The summed E-state index contributed by atoms with van der Waals surface area (Å²) in [5.41, 5.74) is 5.93. The predicted molar refractivity (Wildman–Crippen MR) is 56.9 cm³/mol. The fourth-order valence-corrected chi connectivity index (χ4v) is 1.88. The molecule has 14 heavy (non-hydrogen) atoms. The molecule has 4 heteroatoms. The average Bonchev–Trinajstić information content (AvgIpc) is 2.07. The molecule has 1 amide bonds. The number of nitrogens with one attached hydrogen (secondary N) is 1. The van der Waals surface area contributed by atoms with Gasteiger partial charge in [0.1, 0.15) is 0 Å². The largest absolute Gasteiger partial charge is 0.351 e. The van der Waals surface area contributed by atoms with E-state index in [-0.39, 0.29) is 18.0 Å². The van der Waals surface area contributed by atoms with E-state index < -0.39 is 0 Å². The Morgan fingerprint density at radius 3 is 2.64 bits per heavy atom. The van der Waals surface area contributed by atoms with Gasteiger partial charge in [0.15, 0.2) is 0 Å². The lowest BCUT2D eigenvalue weighted by molar-refractivity contribution is -0.122. The summed E-state index contributed by atoms with van der Waals surface area (Å²) in [5.74, 6) is 0.0809. The first-order valence-electron chi connectivity index (χ1n) is 5.29. The van der Waals surface area contributed by atoms with Gasteiger partial charge in [-0.3, -0.25) is 4.79 Å². The maximum Gasteiger partial charge on any atom is 0.234 e. The lowest BCUT2D eigenvalue weighted by Gasteiger charge is -2.29. The van der Waals surface area contributed by atoms with Crippen LogP contribution in [0.3, 0.4) is 0 Å². The molecule has 0 spiro atoms. The summed E-state index contributed by atoms with van der Waals surface area (Å²) in [6.07, 6.45) is 4.44. The van der Waals surface area contributed by atoms with Crippen LogP contribution < -0.4 is 11.1 Å². The maximum atomic E-state index is 11.5. The predicted octanol–water partition coefficient (Wildman–Crippen LogP) is -0.0659. The molecule has 4 nitrogen and oxygen atoms in total. The van der Waals surface area contributed by atoms with E-state index in [1.54, 1.807) is 0 Å². The normalized spacial score (nSPS) is 27.7. The summed E-state index contributed by atoms with van der Waals surface area (Å²) in [5, 5.41) is 2.99. The van der Waals surface area contributed by atoms with Crippen molar-refractivity contribution in [1.82, 2.24) is 10.2 Å². The molecular weight excluding hydrogens is 178 g/mol. The van der Waals surface area contributed by atoms with Crippen molar-refractivity contribution in [3.8, 4) is 0 Å². The Bertz CT molecular complexity index is 194. The molecule has 0 radical (unpaired) electrons. The van der Waals surface area contributed by atoms with Crippen LogP contribution in [0.2, 0.25) is 0 Å². The minimum atomic E-state index is 0.0809. The maximum absolute atomic E-state index is 11.5. The molecule has 1 aliphatic carbocycles. The summed E-state index contributed by atoms with van der Waals surface area (Å²) < 4.78 is 0. The van der Waals surface area contributed by atoms with Crippen molar-refractivity contribution in [2.75, 3.05) is 20.6 Å². The van der Waals surface area contributed by atoms with E-state index in [2.05, 4.69) is 5.32 Å². The summed E-state index contributed by atoms with van der Waals surface area (Å²) >= 11 is 0. The van der Waals surface area contributed by atoms with Crippen molar-refractivity contribution in [3.05, 3.63) is 0 Å². The van der Waals surface area contributed by atoms with Gasteiger partial charge in [0.2, 0.25) is 5.91 Å². The second-order valence-electron chi connectivity index (χ2n) is 4.36. The molecule has 0 aromatic heterocycles. The van der Waals surface area contributed by atoms with Gasteiger partial charge >= 0.3 is 0 Å². The number of amides is 1. The number of nitrogens with two attached hydrogens (primary N) is 1. The quantitative estimate of drug-likeness (QED) is 0.669. The van der Waals surface area contributed by atoms with Gasteiger partial charge in [0.25, 0.3) is 0 Å². The average molecular weight is 199 g/mol.